The average molecular weight is 269 g/mol. The molecule has 0 aromatic heterocycles. The van der Waals surface area contributed by atoms with Crippen molar-refractivity contribution in [1.82, 2.24) is 5.32 Å². The van der Waals surface area contributed by atoms with Crippen molar-refractivity contribution < 1.29 is 9.47 Å². The Balaban J connectivity index is 2.16. The standard InChI is InChI=1S/C16H31NO2/c1-4-17-15(14-8-10-18-12-14)16(19-5-2)9-6-7-13(3)11-16/h13-15,17H,4-12H2,1-3H3. The van der Waals surface area contributed by atoms with Crippen molar-refractivity contribution in [3.8, 4) is 0 Å². The highest BCUT2D eigenvalue weighted by Gasteiger charge is 2.46. The van der Waals surface area contributed by atoms with Crippen molar-refractivity contribution in [3.63, 3.8) is 0 Å². The zero-order valence-electron chi connectivity index (χ0n) is 12.9. The van der Waals surface area contributed by atoms with Gasteiger partial charge in [0.25, 0.3) is 0 Å². The maximum absolute atomic E-state index is 6.35. The molecule has 19 heavy (non-hydrogen) atoms. The smallest absolute Gasteiger partial charge is 0.0840 e. The Morgan fingerprint density at radius 1 is 1.37 bits per heavy atom. The minimum Gasteiger partial charge on any atom is -0.381 e. The summed E-state index contributed by atoms with van der Waals surface area (Å²) in [5, 5.41) is 3.74. The van der Waals surface area contributed by atoms with E-state index in [1.807, 2.05) is 0 Å². The molecule has 1 aliphatic heterocycles. The van der Waals surface area contributed by atoms with Gasteiger partial charge in [-0.2, -0.15) is 0 Å². The van der Waals surface area contributed by atoms with Crippen LogP contribution in [0.25, 0.3) is 0 Å². The lowest BCUT2D eigenvalue weighted by molar-refractivity contribution is -0.112. The zero-order chi connectivity index (χ0) is 13.7. The molecule has 0 amide bonds. The van der Waals surface area contributed by atoms with Crippen LogP contribution in [0.15, 0.2) is 0 Å². The predicted octanol–water partition coefficient (Wildman–Crippen LogP) is 2.99. The molecule has 2 fully saturated rings. The third-order valence-corrected chi connectivity index (χ3v) is 4.85. The van der Waals surface area contributed by atoms with Gasteiger partial charge >= 0.3 is 0 Å². The highest BCUT2D eigenvalue weighted by atomic mass is 16.5. The number of ether oxygens (including phenoxy) is 2. The van der Waals surface area contributed by atoms with Crippen LogP contribution in [0.4, 0.5) is 0 Å². The van der Waals surface area contributed by atoms with Gasteiger partial charge in [-0.3, -0.25) is 0 Å². The van der Waals surface area contributed by atoms with Crippen molar-refractivity contribution in [2.24, 2.45) is 11.8 Å². The van der Waals surface area contributed by atoms with E-state index in [1.54, 1.807) is 0 Å². The maximum Gasteiger partial charge on any atom is 0.0840 e. The van der Waals surface area contributed by atoms with E-state index in [4.69, 9.17) is 9.47 Å². The second kappa shape index (κ2) is 7.05. The first-order valence-corrected chi connectivity index (χ1v) is 8.17. The number of nitrogens with one attached hydrogen (secondary N) is 1. The lowest BCUT2D eigenvalue weighted by atomic mass is 9.71. The van der Waals surface area contributed by atoms with Crippen molar-refractivity contribution in [3.05, 3.63) is 0 Å². The third-order valence-electron chi connectivity index (χ3n) is 4.85. The first-order valence-electron chi connectivity index (χ1n) is 8.17. The van der Waals surface area contributed by atoms with Gasteiger partial charge in [-0.05, 0) is 38.6 Å². The summed E-state index contributed by atoms with van der Waals surface area (Å²) in [6.45, 7) is 10.4. The Morgan fingerprint density at radius 2 is 2.21 bits per heavy atom. The van der Waals surface area contributed by atoms with E-state index in [0.29, 0.717) is 12.0 Å². The van der Waals surface area contributed by atoms with Crippen LogP contribution in [0.3, 0.4) is 0 Å². The fraction of sp³-hybridized carbons (Fsp3) is 1.00. The Morgan fingerprint density at radius 3 is 2.79 bits per heavy atom. The SMILES string of the molecule is CCNC(C1CCOC1)C1(OCC)CCCC(C)C1. The second-order valence-electron chi connectivity index (χ2n) is 6.36. The summed E-state index contributed by atoms with van der Waals surface area (Å²) in [4.78, 5) is 0. The van der Waals surface area contributed by atoms with Crippen molar-refractivity contribution in [2.45, 2.75) is 64.5 Å². The van der Waals surface area contributed by atoms with E-state index in [0.717, 1.165) is 32.3 Å². The average Bonchev–Trinajstić information content (AvgIpc) is 2.89. The van der Waals surface area contributed by atoms with Crippen LogP contribution in [0.5, 0.6) is 0 Å². The second-order valence-corrected chi connectivity index (χ2v) is 6.36. The van der Waals surface area contributed by atoms with Crippen LogP contribution in [0.1, 0.15) is 52.9 Å². The first-order chi connectivity index (χ1) is 9.22. The molecule has 0 bridgehead atoms. The molecule has 0 aromatic carbocycles. The topological polar surface area (TPSA) is 30.5 Å². The zero-order valence-corrected chi connectivity index (χ0v) is 12.9. The van der Waals surface area contributed by atoms with Crippen molar-refractivity contribution in [1.29, 1.82) is 0 Å². The summed E-state index contributed by atoms with van der Waals surface area (Å²) in [6.07, 6.45) is 6.25. The molecular formula is C16H31NO2. The summed E-state index contributed by atoms with van der Waals surface area (Å²) in [6, 6.07) is 0.461. The van der Waals surface area contributed by atoms with E-state index in [2.05, 4.69) is 26.1 Å². The maximum atomic E-state index is 6.35. The van der Waals surface area contributed by atoms with E-state index in [9.17, 15) is 0 Å². The Hall–Kier alpha value is -0.120. The fourth-order valence-electron chi connectivity index (χ4n) is 4.15. The molecule has 4 unspecified atom stereocenters. The molecule has 3 heteroatoms. The minimum absolute atomic E-state index is 0.0425. The Kier molecular flexibility index (Phi) is 5.67. The van der Waals surface area contributed by atoms with E-state index >= 15 is 0 Å². The minimum atomic E-state index is 0.0425. The number of rotatable bonds is 6. The van der Waals surface area contributed by atoms with E-state index < -0.39 is 0 Å². The summed E-state index contributed by atoms with van der Waals surface area (Å²) in [5.74, 6) is 1.40. The van der Waals surface area contributed by atoms with E-state index in [-0.39, 0.29) is 5.60 Å². The van der Waals surface area contributed by atoms with Crippen LogP contribution >= 0.6 is 0 Å². The van der Waals surface area contributed by atoms with Gasteiger partial charge in [-0.25, -0.2) is 0 Å². The Bertz CT molecular complexity index is 261. The molecular weight excluding hydrogens is 238 g/mol. The van der Waals surface area contributed by atoms with Gasteiger partial charge in [0.1, 0.15) is 0 Å². The molecule has 1 saturated carbocycles. The number of hydrogen-bond donors (Lipinski definition) is 1. The number of likely N-dealkylation sites (N-methyl/N-ethyl adjacent to an activating group) is 1. The van der Waals surface area contributed by atoms with Gasteiger partial charge in [0.15, 0.2) is 0 Å². The molecule has 1 N–H and O–H groups in total. The first kappa shape index (κ1) is 15.3. The van der Waals surface area contributed by atoms with Crippen LogP contribution in [-0.2, 0) is 9.47 Å². The third kappa shape index (κ3) is 3.50. The lowest BCUT2D eigenvalue weighted by Crippen LogP contribution is -2.58. The molecule has 2 aliphatic rings. The van der Waals surface area contributed by atoms with Crippen molar-refractivity contribution in [2.75, 3.05) is 26.4 Å². The van der Waals surface area contributed by atoms with Crippen molar-refractivity contribution >= 4 is 0 Å². The molecule has 1 heterocycles. The largest absolute Gasteiger partial charge is 0.381 e. The highest BCUT2D eigenvalue weighted by molar-refractivity contribution is 5.00. The van der Waals surface area contributed by atoms with Crippen LogP contribution in [0, 0.1) is 11.8 Å². The van der Waals surface area contributed by atoms with Gasteiger partial charge in [0, 0.05) is 25.2 Å². The molecule has 3 nitrogen and oxygen atoms in total. The molecule has 1 aliphatic carbocycles. The molecule has 0 spiro atoms. The summed E-state index contributed by atoms with van der Waals surface area (Å²) in [5.41, 5.74) is 0.0425. The molecule has 0 radical (unpaired) electrons. The van der Waals surface area contributed by atoms with E-state index in [1.165, 1.54) is 32.1 Å². The van der Waals surface area contributed by atoms with Crippen LogP contribution < -0.4 is 5.32 Å². The molecule has 2 rings (SSSR count). The fourth-order valence-corrected chi connectivity index (χ4v) is 4.15. The van der Waals surface area contributed by atoms with Gasteiger partial charge < -0.3 is 14.8 Å². The quantitative estimate of drug-likeness (QED) is 0.804. The number of hydrogen-bond acceptors (Lipinski definition) is 3. The van der Waals surface area contributed by atoms with Gasteiger partial charge in [0.05, 0.1) is 12.2 Å². The molecule has 112 valence electrons. The van der Waals surface area contributed by atoms with Crippen LogP contribution in [0.2, 0.25) is 0 Å². The molecule has 4 atom stereocenters. The van der Waals surface area contributed by atoms with Gasteiger partial charge in [0.2, 0.25) is 0 Å². The predicted molar refractivity (Wildman–Crippen MR) is 78.4 cm³/mol. The lowest BCUT2D eigenvalue weighted by Gasteiger charge is -2.47. The van der Waals surface area contributed by atoms with Gasteiger partial charge in [-0.15, -0.1) is 0 Å². The summed E-state index contributed by atoms with van der Waals surface area (Å²) >= 11 is 0. The molecule has 0 aromatic rings. The molecule has 1 saturated heterocycles. The summed E-state index contributed by atoms with van der Waals surface area (Å²) < 4.78 is 12.0. The monoisotopic (exact) mass is 269 g/mol. The summed E-state index contributed by atoms with van der Waals surface area (Å²) in [7, 11) is 0. The highest BCUT2D eigenvalue weighted by Crippen LogP contribution is 2.41. The Labute approximate surface area is 118 Å². The normalized spacial score (nSPS) is 37.4. The van der Waals surface area contributed by atoms with Crippen LogP contribution in [-0.4, -0.2) is 38.0 Å². The van der Waals surface area contributed by atoms with Gasteiger partial charge in [-0.1, -0.05) is 26.7 Å².